The number of amides is 4. The molecule has 0 aliphatic rings. The molecule has 0 fully saturated rings. The third-order valence-electron chi connectivity index (χ3n) is 10.8. The first kappa shape index (κ1) is 66.0. The van der Waals surface area contributed by atoms with Crippen molar-refractivity contribution >= 4 is 35.6 Å². The molecule has 0 radical (unpaired) electrons. The van der Waals surface area contributed by atoms with E-state index in [4.69, 9.17) is 22.9 Å². The Morgan fingerprint density at radius 3 is 1.04 bits per heavy atom. The van der Waals surface area contributed by atoms with Crippen molar-refractivity contribution in [1.82, 2.24) is 91.7 Å². The van der Waals surface area contributed by atoms with Crippen LogP contribution in [0.3, 0.4) is 0 Å². The topological polar surface area (TPSA) is 491 Å². The predicted molar refractivity (Wildman–Crippen MR) is 288 cm³/mol. The molecule has 0 bridgehead atoms. The van der Waals surface area contributed by atoms with Crippen LogP contribution in [0.15, 0.2) is 75.1 Å². The highest BCUT2D eigenvalue weighted by atomic mass is 16.4. The van der Waals surface area contributed by atoms with Gasteiger partial charge in [0.2, 0.25) is 23.6 Å². The zero-order chi connectivity index (χ0) is 57.5. The third-order valence-corrected chi connectivity index (χ3v) is 10.8. The van der Waals surface area contributed by atoms with Gasteiger partial charge in [0.1, 0.15) is 24.2 Å². The number of carbonyl (C=O) groups is 6. The molecule has 6 unspecified atom stereocenters. The van der Waals surface area contributed by atoms with E-state index in [1.54, 1.807) is 0 Å². The lowest BCUT2D eigenvalue weighted by Crippen LogP contribution is -2.47. The summed E-state index contributed by atoms with van der Waals surface area (Å²) in [6, 6.07) is -7.19. The standard InChI is InChI=1S/C25H39N11O4.C15H17N9O4.C4H12N2.2C2H6/c26-7-3-6-9-27-8-4-1-2-5-10-31-20(17-11-28-14-32-17)23(37)35-21(18-12-29-15-33-18)24(38)36-22(25(39)40)19-13-30-16-34-19;16-10(7-1-17-4-20-7)13(25)23-11(8-2-18-5-21-8)14(26)24-12(15(27)28)9-3-19-6-22-9;5-3-1-2-4-6;2*1-2/h11-16,20-22,27,31H,1-10,26H2,(H,28,32)(H,29,33)(H,30,34)(H,35,37)(H,36,38)(H,39,40);1-6,10-12H,16H2,(H,17,20)(H,18,21)(H,19,22)(H,23,25)(H,24,26)(H,27,28);1-6H2;2*1-2H3. The third kappa shape index (κ3) is 23.4. The molecule has 0 spiro atoms. The Morgan fingerprint density at radius 1 is 0.410 bits per heavy atom. The first-order valence-electron chi connectivity index (χ1n) is 25.8. The van der Waals surface area contributed by atoms with Crippen molar-refractivity contribution in [2.24, 2.45) is 22.9 Å². The number of carboxylic acid groups (broad SMARTS) is 2. The monoisotopic (exact) mass is 1090 g/mol. The average molecular weight is 1090 g/mol. The van der Waals surface area contributed by atoms with Gasteiger partial charge in [0.25, 0.3) is 0 Å². The molecule has 0 saturated heterocycles. The molecule has 6 rings (SSSR count). The van der Waals surface area contributed by atoms with Crippen molar-refractivity contribution in [3.05, 3.63) is 109 Å². The largest absolute Gasteiger partial charge is 0.479 e. The number of nitrogens with two attached hydrogens (primary N) is 4. The summed E-state index contributed by atoms with van der Waals surface area (Å²) < 4.78 is 0. The number of aromatic nitrogens is 12. The molecule has 0 saturated carbocycles. The van der Waals surface area contributed by atoms with E-state index < -0.39 is 71.8 Å². The van der Waals surface area contributed by atoms with Gasteiger partial charge in [-0.15, -0.1) is 0 Å². The van der Waals surface area contributed by atoms with Crippen LogP contribution in [-0.4, -0.2) is 145 Å². The Kier molecular flexibility index (Phi) is 33.2. The molecule has 6 aromatic heterocycles. The molecule has 6 heterocycles. The highest BCUT2D eigenvalue weighted by Gasteiger charge is 2.34. The van der Waals surface area contributed by atoms with Crippen LogP contribution in [0.25, 0.3) is 0 Å². The van der Waals surface area contributed by atoms with Crippen LogP contribution in [0.1, 0.15) is 149 Å². The maximum absolute atomic E-state index is 13.4. The van der Waals surface area contributed by atoms with E-state index in [-0.39, 0.29) is 17.1 Å². The van der Waals surface area contributed by atoms with Gasteiger partial charge < -0.3 is 95.0 Å². The van der Waals surface area contributed by atoms with Crippen LogP contribution >= 0.6 is 0 Å². The summed E-state index contributed by atoms with van der Waals surface area (Å²) in [6.45, 7) is 12.8. The van der Waals surface area contributed by atoms with Gasteiger partial charge in [-0.25, -0.2) is 39.5 Å². The first-order valence-corrected chi connectivity index (χ1v) is 25.8. The molecule has 4 amide bonds. The second kappa shape index (κ2) is 39.3. The summed E-state index contributed by atoms with van der Waals surface area (Å²) >= 11 is 0. The van der Waals surface area contributed by atoms with Crippen molar-refractivity contribution in [2.45, 2.75) is 115 Å². The Labute approximate surface area is 451 Å². The number of carboxylic acids is 2. The summed E-state index contributed by atoms with van der Waals surface area (Å²) in [4.78, 5) is 115. The number of rotatable bonds is 31. The predicted octanol–water partition coefficient (Wildman–Crippen LogP) is 0.567. The number of carbonyl (C=O) groups excluding carboxylic acids is 4. The lowest BCUT2D eigenvalue weighted by atomic mass is 10.1. The average Bonchev–Trinajstić information content (AvgIpc) is 4.31. The number of hydrogen-bond donors (Lipinski definition) is 18. The van der Waals surface area contributed by atoms with Crippen molar-refractivity contribution in [3.63, 3.8) is 0 Å². The molecule has 30 nitrogen and oxygen atoms in total. The van der Waals surface area contributed by atoms with Gasteiger partial charge in [-0.2, -0.15) is 0 Å². The normalized spacial score (nSPS) is 12.8. The second-order valence-corrected chi connectivity index (χ2v) is 16.3. The minimum absolute atomic E-state index is 0.171. The number of unbranched alkanes of at least 4 members (excludes halogenated alkanes) is 5. The van der Waals surface area contributed by atoms with E-state index in [1.807, 2.05) is 27.7 Å². The van der Waals surface area contributed by atoms with Crippen LogP contribution in [0.4, 0.5) is 0 Å². The fourth-order valence-corrected chi connectivity index (χ4v) is 6.85. The number of aliphatic carboxylic acids is 2. The Hall–Kier alpha value is -8.16. The fraction of sp³-hybridized carbons (Fsp3) is 0.500. The fourth-order valence-electron chi connectivity index (χ4n) is 6.85. The summed E-state index contributed by atoms with van der Waals surface area (Å²) in [5.41, 5.74) is 23.5. The molecule has 0 aromatic carbocycles. The summed E-state index contributed by atoms with van der Waals surface area (Å²) in [5, 5.41) is 35.7. The van der Waals surface area contributed by atoms with Gasteiger partial charge in [-0.3, -0.25) is 19.2 Å². The highest BCUT2D eigenvalue weighted by molar-refractivity contribution is 5.93. The quantitative estimate of drug-likeness (QED) is 0.0265. The van der Waals surface area contributed by atoms with E-state index in [0.29, 0.717) is 23.6 Å². The van der Waals surface area contributed by atoms with Crippen LogP contribution < -0.4 is 54.8 Å². The maximum Gasteiger partial charge on any atom is 0.332 e. The minimum atomic E-state index is -1.39. The summed E-state index contributed by atoms with van der Waals surface area (Å²) in [7, 11) is 0. The second-order valence-electron chi connectivity index (χ2n) is 16.3. The van der Waals surface area contributed by atoms with Gasteiger partial charge in [0.15, 0.2) is 12.1 Å². The molecule has 430 valence electrons. The highest BCUT2D eigenvalue weighted by Crippen LogP contribution is 2.19. The Bertz CT molecular complexity index is 2450. The van der Waals surface area contributed by atoms with Crippen LogP contribution in [0.2, 0.25) is 0 Å². The number of nitrogens with one attached hydrogen (secondary N) is 12. The molecule has 0 aliphatic heterocycles. The smallest absolute Gasteiger partial charge is 0.332 e. The van der Waals surface area contributed by atoms with Gasteiger partial charge in [-0.1, -0.05) is 40.5 Å². The summed E-state index contributed by atoms with van der Waals surface area (Å²) in [6.07, 6.45) is 24.6. The first-order chi connectivity index (χ1) is 37.9. The van der Waals surface area contributed by atoms with Crippen LogP contribution in [-0.2, 0) is 28.8 Å². The minimum Gasteiger partial charge on any atom is -0.479 e. The van der Waals surface area contributed by atoms with E-state index in [9.17, 15) is 39.0 Å². The Morgan fingerprint density at radius 2 is 0.692 bits per heavy atom. The number of nitrogens with zero attached hydrogens (tertiary/aromatic N) is 6. The van der Waals surface area contributed by atoms with E-state index in [2.05, 4.69) is 91.7 Å². The molecule has 6 atom stereocenters. The van der Waals surface area contributed by atoms with Crippen LogP contribution in [0.5, 0.6) is 0 Å². The lowest BCUT2D eigenvalue weighted by molar-refractivity contribution is -0.143. The van der Waals surface area contributed by atoms with E-state index in [0.717, 1.165) is 84.1 Å². The zero-order valence-electron chi connectivity index (χ0n) is 44.6. The molecule has 6 aromatic rings. The van der Waals surface area contributed by atoms with Crippen molar-refractivity contribution in [3.8, 4) is 0 Å². The molecule has 30 heteroatoms. The SMILES string of the molecule is CC.CC.NC(C(=O)NC(C(=O)NC(C(=O)O)c1cnc[nH]1)c1cnc[nH]1)c1cnc[nH]1.NCCCCN.NCCCCNCCCCCCNC(C(=O)NC(C(=O)NC(C(=O)O)c1cnc[nH]1)c1cnc[nH]1)c1cnc[nH]1. The number of H-pyrrole nitrogens is 6. The Balaban J connectivity index is 0.000000474. The van der Waals surface area contributed by atoms with Gasteiger partial charge in [0.05, 0.1) is 109 Å². The van der Waals surface area contributed by atoms with Crippen molar-refractivity contribution in [2.75, 3.05) is 39.3 Å². The molecule has 22 N–H and O–H groups in total. The van der Waals surface area contributed by atoms with Gasteiger partial charge in [0, 0.05) is 0 Å². The molecular formula is C48H80N22O8. The molecule has 78 heavy (non-hydrogen) atoms. The van der Waals surface area contributed by atoms with Crippen molar-refractivity contribution < 1.29 is 39.0 Å². The van der Waals surface area contributed by atoms with E-state index >= 15 is 0 Å². The number of hydrogen-bond acceptors (Lipinski definition) is 18. The van der Waals surface area contributed by atoms with Gasteiger partial charge >= 0.3 is 11.9 Å². The van der Waals surface area contributed by atoms with Crippen LogP contribution in [0, 0.1) is 0 Å². The van der Waals surface area contributed by atoms with Crippen molar-refractivity contribution in [1.29, 1.82) is 0 Å². The van der Waals surface area contributed by atoms with Gasteiger partial charge in [-0.05, 0) is 77.8 Å². The lowest BCUT2D eigenvalue weighted by Gasteiger charge is -2.23. The molecular weight excluding hydrogens is 1010 g/mol. The maximum atomic E-state index is 13.4. The zero-order valence-corrected chi connectivity index (χ0v) is 44.6. The van der Waals surface area contributed by atoms with E-state index in [1.165, 1.54) is 75.1 Å². The summed E-state index contributed by atoms with van der Waals surface area (Å²) in [5.74, 6) is -5.27. The number of imidazole rings is 6. The molecule has 0 aliphatic carbocycles. The number of aromatic amines is 6.